The van der Waals surface area contributed by atoms with Crippen LogP contribution in [0.4, 0.5) is 13.2 Å². The Balaban J connectivity index is 1.88. The summed E-state index contributed by atoms with van der Waals surface area (Å²) in [6.45, 7) is 9.27. The van der Waals surface area contributed by atoms with E-state index in [0.29, 0.717) is 33.7 Å². The van der Waals surface area contributed by atoms with Crippen molar-refractivity contribution in [2.75, 3.05) is 0 Å². The summed E-state index contributed by atoms with van der Waals surface area (Å²) in [6.07, 6.45) is -2.99. The molecule has 9 heteroatoms. The van der Waals surface area contributed by atoms with Crippen LogP contribution in [-0.2, 0) is 11.6 Å². The Hall–Kier alpha value is -3.20. The van der Waals surface area contributed by atoms with Crippen LogP contribution in [0.25, 0.3) is 16.6 Å². The zero-order valence-electron chi connectivity index (χ0n) is 19.9. The second-order valence-electron chi connectivity index (χ2n) is 9.39. The predicted octanol–water partition coefficient (Wildman–Crippen LogP) is 6.77. The van der Waals surface area contributed by atoms with Crippen molar-refractivity contribution in [3.05, 3.63) is 91.7 Å². The van der Waals surface area contributed by atoms with Crippen molar-refractivity contribution >= 4 is 33.0 Å². The molecule has 0 aliphatic carbocycles. The van der Waals surface area contributed by atoms with E-state index < -0.39 is 17.2 Å². The van der Waals surface area contributed by atoms with Gasteiger partial charge in [-0.05, 0) is 50.2 Å². The molecule has 0 fully saturated rings. The minimum absolute atomic E-state index is 0.0411. The van der Waals surface area contributed by atoms with Gasteiger partial charge in [-0.3, -0.25) is 4.79 Å². The molecule has 0 unspecified atom stereocenters. The van der Waals surface area contributed by atoms with E-state index in [0.717, 1.165) is 10.5 Å². The number of fused-ring (bicyclic) bond motifs is 1. The molecule has 0 aliphatic heterocycles. The van der Waals surface area contributed by atoms with Gasteiger partial charge in [-0.1, -0.05) is 48.8 Å². The lowest BCUT2D eigenvalue weighted by Gasteiger charge is -2.20. The first-order valence-corrected chi connectivity index (χ1v) is 11.7. The maximum atomic E-state index is 13.6. The van der Waals surface area contributed by atoms with Crippen LogP contribution < -0.4 is 5.56 Å². The van der Waals surface area contributed by atoms with Crippen molar-refractivity contribution in [1.82, 2.24) is 14.2 Å². The summed E-state index contributed by atoms with van der Waals surface area (Å²) in [7, 11) is 0. The molecule has 0 saturated heterocycles. The van der Waals surface area contributed by atoms with Crippen molar-refractivity contribution < 1.29 is 13.2 Å². The van der Waals surface area contributed by atoms with E-state index in [1.807, 2.05) is 26.8 Å². The number of hydrogen-bond acceptors (Lipinski definition) is 3. The SMILES string of the molecule is Cc1cc(C=Nn2c(C(C)(C)C)nc3ccc(Br)cc3c2=O)c(C)n1-c1ccccc1C(F)(F)F. The lowest BCUT2D eigenvalue weighted by atomic mass is 9.95. The third-order valence-corrected chi connectivity index (χ3v) is 6.21. The van der Waals surface area contributed by atoms with E-state index in [1.165, 1.54) is 23.0 Å². The number of benzene rings is 2. The maximum Gasteiger partial charge on any atom is 0.418 e. The Morgan fingerprint density at radius 1 is 1.03 bits per heavy atom. The van der Waals surface area contributed by atoms with Gasteiger partial charge in [0.05, 0.1) is 28.4 Å². The van der Waals surface area contributed by atoms with Gasteiger partial charge < -0.3 is 4.57 Å². The van der Waals surface area contributed by atoms with Gasteiger partial charge in [0.1, 0.15) is 5.82 Å². The van der Waals surface area contributed by atoms with Crippen LogP contribution in [0.2, 0.25) is 0 Å². The summed E-state index contributed by atoms with van der Waals surface area (Å²) in [5.41, 5.74) is 0.862. The predicted molar refractivity (Wildman–Crippen MR) is 136 cm³/mol. The average Bonchev–Trinajstić information content (AvgIpc) is 3.05. The quantitative estimate of drug-likeness (QED) is 0.267. The second-order valence-corrected chi connectivity index (χ2v) is 10.3. The Labute approximate surface area is 209 Å². The minimum Gasteiger partial charge on any atom is -0.317 e. The van der Waals surface area contributed by atoms with E-state index in [1.54, 1.807) is 42.7 Å². The second kappa shape index (κ2) is 8.78. The number of aryl methyl sites for hydroxylation is 1. The number of aromatic nitrogens is 3. The monoisotopic (exact) mass is 544 g/mol. The third kappa shape index (κ3) is 4.69. The third-order valence-electron chi connectivity index (χ3n) is 5.71. The summed E-state index contributed by atoms with van der Waals surface area (Å²) in [4.78, 5) is 18.1. The first-order valence-electron chi connectivity index (χ1n) is 10.9. The fraction of sp³-hybridized carbons (Fsp3) is 0.269. The number of hydrogen-bond donors (Lipinski definition) is 0. The molecule has 5 nitrogen and oxygen atoms in total. The molecule has 2 aromatic heterocycles. The molecule has 0 amide bonds. The zero-order chi connectivity index (χ0) is 25.7. The van der Waals surface area contributed by atoms with Gasteiger partial charge in [-0.25, -0.2) is 4.98 Å². The maximum absolute atomic E-state index is 13.6. The van der Waals surface area contributed by atoms with Gasteiger partial charge in [0.15, 0.2) is 0 Å². The fourth-order valence-electron chi connectivity index (χ4n) is 4.06. The normalized spacial score (nSPS) is 12.7. The molecular weight excluding hydrogens is 521 g/mol. The van der Waals surface area contributed by atoms with Gasteiger partial charge in [0.2, 0.25) is 0 Å². The highest BCUT2D eigenvalue weighted by Gasteiger charge is 2.34. The van der Waals surface area contributed by atoms with E-state index in [4.69, 9.17) is 4.98 Å². The number of halogens is 4. The molecule has 0 N–H and O–H groups in total. The molecule has 0 radical (unpaired) electrons. The number of alkyl halides is 3. The Bertz CT molecular complexity index is 1520. The van der Waals surface area contributed by atoms with Crippen LogP contribution in [0.3, 0.4) is 0 Å². The fourth-order valence-corrected chi connectivity index (χ4v) is 4.42. The number of nitrogens with zero attached hydrogens (tertiary/aromatic N) is 4. The van der Waals surface area contributed by atoms with Gasteiger partial charge in [-0.2, -0.15) is 22.9 Å². The summed E-state index contributed by atoms with van der Waals surface area (Å²) in [5, 5.41) is 4.88. The molecule has 2 aromatic carbocycles. The van der Waals surface area contributed by atoms with Crippen molar-refractivity contribution in [2.24, 2.45) is 5.10 Å². The summed E-state index contributed by atoms with van der Waals surface area (Å²) in [5.74, 6) is 0.477. The molecule has 0 atom stereocenters. The molecule has 0 aliphatic rings. The number of para-hydroxylation sites is 1. The van der Waals surface area contributed by atoms with E-state index >= 15 is 0 Å². The van der Waals surface area contributed by atoms with Crippen LogP contribution in [0, 0.1) is 13.8 Å². The van der Waals surface area contributed by atoms with Gasteiger partial charge in [0, 0.05) is 26.8 Å². The topological polar surface area (TPSA) is 52.2 Å². The van der Waals surface area contributed by atoms with E-state index in [2.05, 4.69) is 21.0 Å². The molecule has 4 rings (SSSR count). The van der Waals surface area contributed by atoms with Gasteiger partial charge in [0.25, 0.3) is 5.56 Å². The molecule has 0 saturated carbocycles. The minimum atomic E-state index is -4.49. The molecule has 182 valence electrons. The van der Waals surface area contributed by atoms with Crippen molar-refractivity contribution in [1.29, 1.82) is 0 Å². The van der Waals surface area contributed by atoms with Crippen molar-refractivity contribution in [2.45, 2.75) is 46.2 Å². The van der Waals surface area contributed by atoms with E-state index in [9.17, 15) is 18.0 Å². The van der Waals surface area contributed by atoms with Gasteiger partial charge >= 0.3 is 6.18 Å². The Morgan fingerprint density at radius 3 is 2.37 bits per heavy atom. The molecule has 0 spiro atoms. The summed E-state index contributed by atoms with van der Waals surface area (Å²) >= 11 is 3.39. The molecular formula is C26H24BrF3N4O. The molecule has 2 heterocycles. The smallest absolute Gasteiger partial charge is 0.317 e. The summed E-state index contributed by atoms with van der Waals surface area (Å²) in [6, 6.07) is 12.5. The number of rotatable bonds is 3. The Morgan fingerprint density at radius 2 is 1.71 bits per heavy atom. The zero-order valence-corrected chi connectivity index (χ0v) is 21.5. The lowest BCUT2D eigenvalue weighted by molar-refractivity contribution is -0.137. The van der Waals surface area contributed by atoms with Crippen LogP contribution in [-0.4, -0.2) is 20.4 Å². The highest BCUT2D eigenvalue weighted by atomic mass is 79.9. The van der Waals surface area contributed by atoms with Crippen molar-refractivity contribution in [3.8, 4) is 5.69 Å². The van der Waals surface area contributed by atoms with Gasteiger partial charge in [-0.15, -0.1) is 0 Å². The average molecular weight is 545 g/mol. The molecule has 4 aromatic rings. The highest BCUT2D eigenvalue weighted by Crippen LogP contribution is 2.35. The summed E-state index contributed by atoms with van der Waals surface area (Å²) < 4.78 is 44.5. The van der Waals surface area contributed by atoms with Crippen LogP contribution in [0.15, 0.2) is 62.9 Å². The Kier molecular flexibility index (Phi) is 6.25. The standard InChI is InChI=1S/C26H24BrF3N4O/c1-15-12-17(16(2)33(15)22-9-7-6-8-20(22)26(28,29)30)14-31-34-23(35)19-13-18(27)10-11-21(19)32-24(34)25(3,4)5/h6-14H,1-5H3. The molecule has 0 bridgehead atoms. The highest BCUT2D eigenvalue weighted by molar-refractivity contribution is 9.10. The van der Waals surface area contributed by atoms with Crippen LogP contribution in [0.5, 0.6) is 0 Å². The van der Waals surface area contributed by atoms with Crippen LogP contribution in [0.1, 0.15) is 49.1 Å². The van der Waals surface area contributed by atoms with Crippen LogP contribution >= 0.6 is 15.9 Å². The lowest BCUT2D eigenvalue weighted by Crippen LogP contribution is -2.29. The van der Waals surface area contributed by atoms with Crippen molar-refractivity contribution in [3.63, 3.8) is 0 Å². The molecule has 35 heavy (non-hydrogen) atoms. The first-order chi connectivity index (χ1) is 16.3. The largest absolute Gasteiger partial charge is 0.418 e. The van der Waals surface area contributed by atoms with E-state index in [-0.39, 0.29) is 11.2 Å². The first kappa shape index (κ1) is 24.9.